The zero-order valence-corrected chi connectivity index (χ0v) is 19.6. The molecule has 0 heterocycles. The molecule has 35 heavy (non-hydrogen) atoms. The predicted molar refractivity (Wildman–Crippen MR) is 140 cm³/mol. The quantitative estimate of drug-likeness (QED) is 0.278. The summed E-state index contributed by atoms with van der Waals surface area (Å²) in [6, 6.07) is 36.2. The summed E-state index contributed by atoms with van der Waals surface area (Å²) in [6.45, 7) is 0. The topological polar surface area (TPSA) is 34.1 Å². The van der Waals surface area contributed by atoms with Gasteiger partial charge in [-0.15, -0.1) is 0 Å². The van der Waals surface area contributed by atoms with E-state index in [1.54, 1.807) is 0 Å². The van der Waals surface area contributed by atoms with Crippen molar-refractivity contribution in [3.05, 3.63) is 120 Å². The van der Waals surface area contributed by atoms with E-state index >= 15 is 0 Å². The molecule has 0 spiro atoms. The average molecular weight is 457 g/mol. The number of fused-ring (bicyclic) bond motifs is 1. The molecule has 4 aromatic carbocycles. The molecule has 0 aliphatic heterocycles. The minimum absolute atomic E-state index is 0.131. The highest BCUT2D eigenvalue weighted by Crippen LogP contribution is 2.57. The fraction of sp³-hybridized carbons (Fsp3) is 0.212. The Morgan fingerprint density at radius 3 is 1.17 bits per heavy atom. The Morgan fingerprint density at radius 2 is 0.800 bits per heavy atom. The Labute approximate surface area is 206 Å². The Morgan fingerprint density at radius 1 is 0.457 bits per heavy atom. The summed E-state index contributed by atoms with van der Waals surface area (Å²) >= 11 is 0. The van der Waals surface area contributed by atoms with Crippen molar-refractivity contribution in [3.8, 4) is 22.3 Å². The number of hydrogen-bond acceptors (Lipinski definition) is 2. The number of carbonyl (C=O) groups is 2. The molecule has 0 aromatic heterocycles. The summed E-state index contributed by atoms with van der Waals surface area (Å²) < 4.78 is 0. The molecule has 2 aliphatic carbocycles. The Kier molecular flexibility index (Phi) is 5.66. The number of benzene rings is 4. The van der Waals surface area contributed by atoms with Crippen molar-refractivity contribution in [1.82, 2.24) is 0 Å². The van der Waals surface area contributed by atoms with Gasteiger partial charge in [0.05, 0.1) is 0 Å². The molecule has 2 heteroatoms. The minimum atomic E-state index is -0.202. The molecular weight excluding hydrogens is 428 g/mol. The molecule has 0 bridgehead atoms. The van der Waals surface area contributed by atoms with Crippen molar-refractivity contribution in [2.75, 3.05) is 0 Å². The molecule has 172 valence electrons. The second-order valence-electron chi connectivity index (χ2n) is 9.93. The zero-order valence-electron chi connectivity index (χ0n) is 19.6. The van der Waals surface area contributed by atoms with Crippen LogP contribution in [0.4, 0.5) is 0 Å². The summed E-state index contributed by atoms with van der Waals surface area (Å²) in [5.41, 5.74) is 5.91. The number of hydrogen-bond donors (Lipinski definition) is 0. The summed E-state index contributed by atoms with van der Waals surface area (Å²) in [6.07, 6.45) is 3.22. The van der Waals surface area contributed by atoms with Gasteiger partial charge in [-0.25, -0.2) is 0 Å². The van der Waals surface area contributed by atoms with E-state index in [0.29, 0.717) is 11.8 Å². The summed E-state index contributed by atoms with van der Waals surface area (Å²) in [5.74, 6) is 0.541. The van der Waals surface area contributed by atoms with Crippen LogP contribution in [0.1, 0.15) is 40.0 Å². The molecule has 2 fully saturated rings. The minimum Gasteiger partial charge on any atom is -0.294 e. The summed E-state index contributed by atoms with van der Waals surface area (Å²) in [7, 11) is 0. The van der Waals surface area contributed by atoms with Crippen molar-refractivity contribution >= 4 is 11.6 Å². The van der Waals surface area contributed by atoms with E-state index in [9.17, 15) is 9.59 Å². The van der Waals surface area contributed by atoms with Crippen LogP contribution in [-0.4, -0.2) is 11.6 Å². The van der Waals surface area contributed by atoms with Crippen molar-refractivity contribution in [3.63, 3.8) is 0 Å². The van der Waals surface area contributed by atoms with Crippen LogP contribution in [0.5, 0.6) is 0 Å². The Hall–Kier alpha value is -3.78. The van der Waals surface area contributed by atoms with E-state index in [-0.39, 0.29) is 23.4 Å². The standard InChI is InChI=1S/C33H28O2/c34-32(26-18-14-24(15-19-26)22-8-3-1-4-9-22)30-28-12-7-13-29(28)31(30)33(35)27-20-16-25(17-21-27)23-10-5-2-6-11-23/h1-6,8-11,14-21,28-31H,7,12-13H2/t28-,29+,30-,31-/m0/s1. The van der Waals surface area contributed by atoms with Gasteiger partial charge in [0.1, 0.15) is 0 Å². The molecule has 6 rings (SSSR count). The summed E-state index contributed by atoms with van der Waals surface area (Å²) in [4.78, 5) is 27.3. The van der Waals surface area contributed by atoms with Gasteiger partial charge in [0.25, 0.3) is 0 Å². The molecule has 0 unspecified atom stereocenters. The number of ketones is 2. The van der Waals surface area contributed by atoms with Gasteiger partial charge in [-0.2, -0.15) is 0 Å². The average Bonchev–Trinajstić information content (AvgIpc) is 3.32. The molecular formula is C33H28O2. The van der Waals surface area contributed by atoms with E-state index in [2.05, 4.69) is 24.3 Å². The van der Waals surface area contributed by atoms with Crippen LogP contribution in [0.2, 0.25) is 0 Å². The maximum absolute atomic E-state index is 13.7. The molecule has 4 atom stereocenters. The van der Waals surface area contributed by atoms with E-state index in [1.807, 2.05) is 84.9 Å². The lowest BCUT2D eigenvalue weighted by molar-refractivity contribution is 0.0130. The molecule has 0 N–H and O–H groups in total. The molecule has 4 aromatic rings. The number of rotatable bonds is 6. The van der Waals surface area contributed by atoms with Crippen LogP contribution >= 0.6 is 0 Å². The molecule has 0 saturated heterocycles. The normalized spacial score (nSPS) is 22.7. The highest BCUT2D eigenvalue weighted by atomic mass is 16.1. The van der Waals surface area contributed by atoms with Gasteiger partial charge in [-0.3, -0.25) is 9.59 Å². The maximum Gasteiger partial charge on any atom is 0.166 e. The van der Waals surface area contributed by atoms with Crippen LogP contribution < -0.4 is 0 Å². The first-order chi connectivity index (χ1) is 17.2. The van der Waals surface area contributed by atoms with Crippen LogP contribution in [-0.2, 0) is 0 Å². The van der Waals surface area contributed by atoms with Crippen LogP contribution in [0, 0.1) is 23.7 Å². The number of Topliss-reactive ketones (excluding diaryl/α,β-unsaturated/α-hetero) is 2. The molecule has 2 nitrogen and oxygen atoms in total. The fourth-order valence-electron chi connectivity index (χ4n) is 6.31. The predicted octanol–water partition coefficient (Wildman–Crippen LogP) is 7.75. The lowest BCUT2D eigenvalue weighted by atomic mass is 9.54. The first-order valence-electron chi connectivity index (χ1n) is 12.6. The van der Waals surface area contributed by atoms with Crippen molar-refractivity contribution in [2.45, 2.75) is 19.3 Å². The smallest absolute Gasteiger partial charge is 0.166 e. The third kappa shape index (κ3) is 3.93. The molecule has 2 aliphatic rings. The molecule has 0 radical (unpaired) electrons. The second kappa shape index (κ2) is 9.11. The molecule has 2 saturated carbocycles. The van der Waals surface area contributed by atoms with Gasteiger partial charge >= 0.3 is 0 Å². The highest BCUT2D eigenvalue weighted by Gasteiger charge is 2.58. The Balaban J connectivity index is 1.24. The van der Waals surface area contributed by atoms with Gasteiger partial charge < -0.3 is 0 Å². The number of carbonyl (C=O) groups excluding carboxylic acids is 2. The van der Waals surface area contributed by atoms with Crippen molar-refractivity contribution in [1.29, 1.82) is 0 Å². The first kappa shape index (κ1) is 21.7. The van der Waals surface area contributed by atoms with Crippen LogP contribution in [0.3, 0.4) is 0 Å². The van der Waals surface area contributed by atoms with Crippen LogP contribution in [0.15, 0.2) is 109 Å². The van der Waals surface area contributed by atoms with Crippen molar-refractivity contribution < 1.29 is 9.59 Å². The largest absolute Gasteiger partial charge is 0.294 e. The van der Waals surface area contributed by atoms with Gasteiger partial charge in [0, 0.05) is 23.0 Å². The summed E-state index contributed by atoms with van der Waals surface area (Å²) in [5, 5.41) is 0. The first-order valence-corrected chi connectivity index (χ1v) is 12.6. The van der Waals surface area contributed by atoms with E-state index in [4.69, 9.17) is 0 Å². The lowest BCUT2D eigenvalue weighted by Crippen LogP contribution is -2.51. The highest BCUT2D eigenvalue weighted by molar-refractivity contribution is 6.07. The monoisotopic (exact) mass is 456 g/mol. The third-order valence-corrected chi connectivity index (χ3v) is 8.09. The SMILES string of the molecule is O=C(c1ccc(-c2ccccc2)cc1)[C@H]1[C@@H]2CCC[C@@H]2[C@@H]1C(=O)c1ccc(-c2ccccc2)cc1. The van der Waals surface area contributed by atoms with Gasteiger partial charge in [0.2, 0.25) is 0 Å². The van der Waals surface area contributed by atoms with Gasteiger partial charge in [0.15, 0.2) is 11.6 Å². The van der Waals surface area contributed by atoms with E-state index in [1.165, 1.54) is 0 Å². The second-order valence-corrected chi connectivity index (χ2v) is 9.93. The van der Waals surface area contributed by atoms with E-state index < -0.39 is 0 Å². The molecule has 0 amide bonds. The van der Waals surface area contributed by atoms with Crippen LogP contribution in [0.25, 0.3) is 22.3 Å². The van der Waals surface area contributed by atoms with Gasteiger partial charge in [-0.1, -0.05) is 116 Å². The fourth-order valence-corrected chi connectivity index (χ4v) is 6.31. The maximum atomic E-state index is 13.7. The van der Waals surface area contributed by atoms with Crippen molar-refractivity contribution in [2.24, 2.45) is 23.7 Å². The van der Waals surface area contributed by atoms with E-state index in [0.717, 1.165) is 52.6 Å². The lowest BCUT2D eigenvalue weighted by Gasteiger charge is -2.47. The third-order valence-electron chi connectivity index (χ3n) is 8.09. The Bertz CT molecular complexity index is 1230. The van der Waals surface area contributed by atoms with Gasteiger partial charge in [-0.05, 0) is 46.9 Å². The zero-order chi connectivity index (χ0) is 23.8.